The van der Waals surface area contributed by atoms with Crippen molar-refractivity contribution in [1.29, 1.82) is 0 Å². The highest BCUT2D eigenvalue weighted by atomic mass is 19.2. The first-order valence-corrected chi connectivity index (χ1v) is 8.20. The Morgan fingerprint density at radius 2 is 1.75 bits per heavy atom. The summed E-state index contributed by atoms with van der Waals surface area (Å²) in [5, 5.41) is 5.62. The second kappa shape index (κ2) is 8.34. The molecule has 0 aliphatic rings. The zero-order chi connectivity index (χ0) is 20.1. The summed E-state index contributed by atoms with van der Waals surface area (Å²) in [7, 11) is 3.09. The molecule has 0 atom stereocenters. The van der Waals surface area contributed by atoms with Gasteiger partial charge in [0, 0.05) is 24.0 Å². The van der Waals surface area contributed by atoms with E-state index in [1.54, 1.807) is 31.4 Å². The van der Waals surface area contributed by atoms with Crippen LogP contribution in [0.3, 0.4) is 0 Å². The minimum atomic E-state index is -1.04. The largest absolute Gasteiger partial charge is 0.497 e. The third-order valence-electron chi connectivity index (χ3n) is 3.86. The van der Waals surface area contributed by atoms with Gasteiger partial charge in [-0.2, -0.15) is 0 Å². The first-order valence-electron chi connectivity index (χ1n) is 8.20. The second-order valence-corrected chi connectivity index (χ2v) is 5.74. The van der Waals surface area contributed by atoms with Crippen molar-refractivity contribution in [3.05, 3.63) is 72.1 Å². The molecule has 0 bridgehead atoms. The van der Waals surface area contributed by atoms with Gasteiger partial charge in [-0.15, -0.1) is 0 Å². The number of rotatable bonds is 6. The average Bonchev–Trinajstić information content (AvgIpc) is 2.71. The Morgan fingerprint density at radius 3 is 2.46 bits per heavy atom. The molecule has 0 saturated carbocycles. The molecule has 1 amide bonds. The van der Waals surface area contributed by atoms with Crippen LogP contribution in [0.15, 0.2) is 54.9 Å². The number of carbonyl (C=O) groups is 1. The van der Waals surface area contributed by atoms with E-state index in [1.165, 1.54) is 25.6 Å². The van der Waals surface area contributed by atoms with Crippen molar-refractivity contribution < 1.29 is 23.0 Å². The topological polar surface area (TPSA) is 72.5 Å². The Morgan fingerprint density at radius 1 is 0.929 bits per heavy atom. The lowest BCUT2D eigenvalue weighted by Gasteiger charge is -2.13. The van der Waals surface area contributed by atoms with Crippen LogP contribution in [0.1, 0.15) is 10.4 Å². The van der Waals surface area contributed by atoms with Crippen molar-refractivity contribution >= 4 is 23.0 Å². The standard InChI is InChI=1S/C20H17F2N3O3/c1-27-15-4-6-19(28-2)18(9-15)24-14-7-12(10-23-11-14)20(26)25-13-3-5-16(21)17(22)8-13/h3-11,24H,1-2H3,(H,25,26). The number of carbonyl (C=O) groups excluding carboxylic acids is 1. The summed E-state index contributed by atoms with van der Waals surface area (Å²) in [6.07, 6.45) is 2.90. The number of ether oxygens (including phenoxy) is 2. The molecule has 0 aliphatic heterocycles. The third-order valence-corrected chi connectivity index (χ3v) is 3.86. The Labute approximate surface area is 160 Å². The smallest absolute Gasteiger partial charge is 0.257 e. The lowest BCUT2D eigenvalue weighted by molar-refractivity contribution is 0.102. The number of hydrogen-bond acceptors (Lipinski definition) is 5. The van der Waals surface area contributed by atoms with Gasteiger partial charge in [-0.3, -0.25) is 9.78 Å². The van der Waals surface area contributed by atoms with Gasteiger partial charge < -0.3 is 20.1 Å². The van der Waals surface area contributed by atoms with Gasteiger partial charge in [-0.1, -0.05) is 0 Å². The molecule has 28 heavy (non-hydrogen) atoms. The number of anilines is 3. The minimum absolute atomic E-state index is 0.136. The SMILES string of the molecule is COc1ccc(OC)c(Nc2cncc(C(=O)Nc3ccc(F)c(F)c3)c2)c1. The Bertz CT molecular complexity index is 1010. The van der Waals surface area contributed by atoms with Crippen molar-refractivity contribution in [2.75, 3.05) is 24.9 Å². The van der Waals surface area contributed by atoms with E-state index in [4.69, 9.17) is 9.47 Å². The number of hydrogen-bond donors (Lipinski definition) is 2. The second-order valence-electron chi connectivity index (χ2n) is 5.74. The van der Waals surface area contributed by atoms with Crippen molar-refractivity contribution in [3.63, 3.8) is 0 Å². The Kier molecular flexibility index (Phi) is 5.69. The minimum Gasteiger partial charge on any atom is -0.497 e. The number of amides is 1. The highest BCUT2D eigenvalue weighted by Crippen LogP contribution is 2.31. The molecule has 3 rings (SSSR count). The van der Waals surface area contributed by atoms with E-state index in [-0.39, 0.29) is 11.3 Å². The molecule has 1 heterocycles. The highest BCUT2D eigenvalue weighted by Gasteiger charge is 2.11. The molecule has 144 valence electrons. The molecule has 0 radical (unpaired) electrons. The number of nitrogens with zero attached hydrogens (tertiary/aromatic N) is 1. The highest BCUT2D eigenvalue weighted by molar-refractivity contribution is 6.04. The molecule has 2 N–H and O–H groups in total. The van der Waals surface area contributed by atoms with E-state index in [9.17, 15) is 13.6 Å². The number of aromatic nitrogens is 1. The Balaban J connectivity index is 1.80. The van der Waals surface area contributed by atoms with Gasteiger partial charge in [0.1, 0.15) is 11.5 Å². The van der Waals surface area contributed by atoms with Crippen molar-refractivity contribution in [2.45, 2.75) is 0 Å². The normalized spacial score (nSPS) is 10.3. The van der Waals surface area contributed by atoms with Crippen molar-refractivity contribution in [1.82, 2.24) is 4.98 Å². The maximum atomic E-state index is 13.3. The molecular weight excluding hydrogens is 368 g/mol. The first kappa shape index (κ1) is 19.1. The van der Waals surface area contributed by atoms with Gasteiger partial charge in [-0.25, -0.2) is 8.78 Å². The van der Waals surface area contributed by atoms with Crippen LogP contribution in [0, 0.1) is 11.6 Å². The summed E-state index contributed by atoms with van der Waals surface area (Å²) in [5.74, 6) is -1.34. The van der Waals surface area contributed by atoms with Gasteiger partial charge in [0.15, 0.2) is 11.6 Å². The van der Waals surface area contributed by atoms with Gasteiger partial charge in [-0.05, 0) is 30.3 Å². The summed E-state index contributed by atoms with van der Waals surface area (Å²) < 4.78 is 36.8. The van der Waals surface area contributed by atoms with Crippen LogP contribution >= 0.6 is 0 Å². The molecule has 2 aromatic carbocycles. The molecular formula is C20H17F2N3O3. The maximum Gasteiger partial charge on any atom is 0.257 e. The number of benzene rings is 2. The van der Waals surface area contributed by atoms with E-state index in [0.29, 0.717) is 22.9 Å². The van der Waals surface area contributed by atoms with Crippen LogP contribution in [0.5, 0.6) is 11.5 Å². The molecule has 6 nitrogen and oxygen atoms in total. The molecule has 0 spiro atoms. The first-order chi connectivity index (χ1) is 13.5. The third kappa shape index (κ3) is 4.35. The summed E-state index contributed by atoms with van der Waals surface area (Å²) in [6, 6.07) is 9.93. The summed E-state index contributed by atoms with van der Waals surface area (Å²) in [5.41, 5.74) is 1.53. The van der Waals surface area contributed by atoms with Crippen LogP contribution in [0.2, 0.25) is 0 Å². The molecule has 1 aromatic heterocycles. The van der Waals surface area contributed by atoms with Crippen LogP contribution < -0.4 is 20.1 Å². The zero-order valence-electron chi connectivity index (χ0n) is 15.1. The maximum absolute atomic E-state index is 13.3. The van der Waals surface area contributed by atoms with Gasteiger partial charge in [0.05, 0.1) is 37.4 Å². The van der Waals surface area contributed by atoms with Crippen LogP contribution in [0.25, 0.3) is 0 Å². The van der Waals surface area contributed by atoms with Crippen LogP contribution in [-0.2, 0) is 0 Å². The number of pyridine rings is 1. The van der Waals surface area contributed by atoms with Gasteiger partial charge in [0.25, 0.3) is 5.91 Å². The van der Waals surface area contributed by atoms with Gasteiger partial charge >= 0.3 is 0 Å². The molecule has 0 aliphatic carbocycles. The van der Waals surface area contributed by atoms with E-state index in [2.05, 4.69) is 15.6 Å². The number of methoxy groups -OCH3 is 2. The Hall–Kier alpha value is -3.68. The molecule has 0 fully saturated rings. The fourth-order valence-corrected chi connectivity index (χ4v) is 2.48. The van der Waals surface area contributed by atoms with E-state index in [0.717, 1.165) is 12.1 Å². The van der Waals surface area contributed by atoms with E-state index in [1.807, 2.05) is 0 Å². The summed E-state index contributed by atoms with van der Waals surface area (Å²) in [6.45, 7) is 0. The number of nitrogens with one attached hydrogen (secondary N) is 2. The zero-order valence-corrected chi connectivity index (χ0v) is 15.1. The van der Waals surface area contributed by atoms with E-state index < -0.39 is 17.5 Å². The summed E-state index contributed by atoms with van der Waals surface area (Å²) >= 11 is 0. The molecule has 0 unspecified atom stereocenters. The lowest BCUT2D eigenvalue weighted by atomic mass is 10.2. The van der Waals surface area contributed by atoms with Crippen molar-refractivity contribution in [2.24, 2.45) is 0 Å². The van der Waals surface area contributed by atoms with E-state index >= 15 is 0 Å². The number of halogens is 2. The predicted molar refractivity (Wildman–Crippen MR) is 101 cm³/mol. The molecule has 8 heteroatoms. The van der Waals surface area contributed by atoms with Crippen LogP contribution in [0.4, 0.5) is 25.8 Å². The van der Waals surface area contributed by atoms with Crippen LogP contribution in [-0.4, -0.2) is 25.1 Å². The molecule has 0 saturated heterocycles. The van der Waals surface area contributed by atoms with Gasteiger partial charge in [0.2, 0.25) is 0 Å². The fraction of sp³-hybridized carbons (Fsp3) is 0.100. The fourth-order valence-electron chi connectivity index (χ4n) is 2.48. The summed E-state index contributed by atoms with van der Waals surface area (Å²) in [4.78, 5) is 16.4. The quantitative estimate of drug-likeness (QED) is 0.659. The van der Waals surface area contributed by atoms with Crippen molar-refractivity contribution in [3.8, 4) is 11.5 Å². The predicted octanol–water partition coefficient (Wildman–Crippen LogP) is 4.37. The molecule has 3 aromatic rings. The monoisotopic (exact) mass is 385 g/mol. The average molecular weight is 385 g/mol. The lowest BCUT2D eigenvalue weighted by Crippen LogP contribution is -2.13.